The van der Waals surface area contributed by atoms with Gasteiger partial charge in [0.05, 0.1) is 5.02 Å². The summed E-state index contributed by atoms with van der Waals surface area (Å²) in [4.78, 5) is 11.8. The van der Waals surface area contributed by atoms with E-state index >= 15 is 0 Å². The number of hydrogen-bond acceptors (Lipinski definition) is 3. The summed E-state index contributed by atoms with van der Waals surface area (Å²) in [5.41, 5.74) is 0.935. The zero-order chi connectivity index (χ0) is 15.1. The number of carbonyl (C=O) groups excluding carboxylic acids is 1. The van der Waals surface area contributed by atoms with Gasteiger partial charge in [0.1, 0.15) is 5.75 Å². The Hall–Kier alpha value is -1.26. The summed E-state index contributed by atoms with van der Waals surface area (Å²) in [6.45, 7) is 6.71. The molecule has 1 aromatic rings. The van der Waals surface area contributed by atoms with Gasteiger partial charge in [0.15, 0.2) is 6.61 Å². The lowest BCUT2D eigenvalue weighted by Crippen LogP contribution is -2.39. The van der Waals surface area contributed by atoms with Gasteiger partial charge in [-0.2, -0.15) is 0 Å². The lowest BCUT2D eigenvalue weighted by molar-refractivity contribution is -0.124. The van der Waals surface area contributed by atoms with Gasteiger partial charge in [-0.15, -0.1) is 0 Å². The van der Waals surface area contributed by atoms with Crippen LogP contribution in [0.1, 0.15) is 26.3 Å². The molecule has 0 radical (unpaired) electrons. The van der Waals surface area contributed by atoms with Crippen molar-refractivity contribution in [2.45, 2.75) is 33.4 Å². The molecule has 0 aromatic heterocycles. The Balaban J connectivity index is 2.63. The second-order valence-electron chi connectivity index (χ2n) is 5.15. The highest BCUT2D eigenvalue weighted by atomic mass is 35.5. The number of halogens is 1. The van der Waals surface area contributed by atoms with Crippen LogP contribution in [-0.2, 0) is 11.3 Å². The van der Waals surface area contributed by atoms with Gasteiger partial charge in [0, 0.05) is 18.2 Å². The minimum absolute atomic E-state index is 0.0303. The fraction of sp³-hybridized carbons (Fsp3) is 0.533. The average molecular weight is 299 g/mol. The molecule has 0 aliphatic rings. The minimum atomic E-state index is -0.137. The largest absolute Gasteiger partial charge is 0.482 e. The second-order valence-corrected chi connectivity index (χ2v) is 5.55. The number of hydrogen-bond donors (Lipinski definition) is 2. The minimum Gasteiger partial charge on any atom is -0.482 e. The first-order chi connectivity index (χ1) is 9.45. The zero-order valence-electron chi connectivity index (χ0n) is 12.5. The van der Waals surface area contributed by atoms with Crippen LogP contribution in [0, 0.1) is 5.92 Å². The fourth-order valence-corrected chi connectivity index (χ4v) is 1.89. The molecular weight excluding hydrogens is 276 g/mol. The number of nitrogens with one attached hydrogen (secondary N) is 2. The molecule has 20 heavy (non-hydrogen) atoms. The van der Waals surface area contributed by atoms with E-state index in [9.17, 15) is 4.79 Å². The summed E-state index contributed by atoms with van der Waals surface area (Å²) in [6.07, 6.45) is 0. The average Bonchev–Trinajstić information content (AvgIpc) is 2.38. The van der Waals surface area contributed by atoms with Gasteiger partial charge in [-0.1, -0.05) is 37.6 Å². The molecule has 0 bridgehead atoms. The number of para-hydroxylation sites is 1. The predicted molar refractivity (Wildman–Crippen MR) is 82.2 cm³/mol. The van der Waals surface area contributed by atoms with Crippen LogP contribution in [0.2, 0.25) is 5.02 Å². The molecule has 1 atom stereocenters. The molecule has 0 heterocycles. The first kappa shape index (κ1) is 16.8. The van der Waals surface area contributed by atoms with Crippen LogP contribution in [0.5, 0.6) is 5.75 Å². The van der Waals surface area contributed by atoms with Gasteiger partial charge >= 0.3 is 0 Å². The molecule has 0 spiro atoms. The monoisotopic (exact) mass is 298 g/mol. The number of carbonyl (C=O) groups is 1. The second kappa shape index (κ2) is 8.12. The first-order valence-corrected chi connectivity index (χ1v) is 7.17. The van der Waals surface area contributed by atoms with Crippen LogP contribution in [0.3, 0.4) is 0 Å². The summed E-state index contributed by atoms with van der Waals surface area (Å²) in [6, 6.07) is 5.66. The van der Waals surface area contributed by atoms with Crippen LogP contribution in [-0.4, -0.2) is 25.6 Å². The third-order valence-corrected chi connectivity index (χ3v) is 3.45. The molecule has 1 unspecified atom stereocenters. The van der Waals surface area contributed by atoms with Crippen molar-refractivity contribution < 1.29 is 9.53 Å². The van der Waals surface area contributed by atoms with Gasteiger partial charge in [-0.3, -0.25) is 4.79 Å². The molecule has 0 saturated carbocycles. The van der Waals surface area contributed by atoms with E-state index in [4.69, 9.17) is 16.3 Å². The number of benzene rings is 1. The van der Waals surface area contributed by atoms with E-state index in [0.29, 0.717) is 23.2 Å². The maximum Gasteiger partial charge on any atom is 0.258 e. The van der Waals surface area contributed by atoms with E-state index in [0.717, 1.165) is 5.56 Å². The molecule has 0 aliphatic carbocycles. The highest BCUT2D eigenvalue weighted by Gasteiger charge is 2.13. The Kier molecular flexibility index (Phi) is 6.82. The Labute approximate surface area is 125 Å². The quantitative estimate of drug-likeness (QED) is 0.813. The van der Waals surface area contributed by atoms with E-state index in [1.165, 1.54) is 0 Å². The van der Waals surface area contributed by atoms with Crippen LogP contribution in [0.4, 0.5) is 0 Å². The molecule has 112 valence electrons. The maximum atomic E-state index is 11.8. The molecule has 2 N–H and O–H groups in total. The molecule has 0 saturated heterocycles. The highest BCUT2D eigenvalue weighted by molar-refractivity contribution is 6.32. The van der Waals surface area contributed by atoms with Gasteiger partial charge in [-0.05, 0) is 26.0 Å². The van der Waals surface area contributed by atoms with Crippen LogP contribution < -0.4 is 15.4 Å². The lowest BCUT2D eigenvalue weighted by Gasteiger charge is -2.18. The van der Waals surface area contributed by atoms with Crippen molar-refractivity contribution in [2.24, 2.45) is 5.92 Å². The molecule has 1 amide bonds. The van der Waals surface area contributed by atoms with Crippen LogP contribution >= 0.6 is 11.6 Å². The third kappa shape index (κ3) is 5.02. The highest BCUT2D eigenvalue weighted by Crippen LogP contribution is 2.28. The molecule has 1 aromatic carbocycles. The van der Waals surface area contributed by atoms with E-state index < -0.39 is 0 Å². The Morgan fingerprint density at radius 2 is 2.05 bits per heavy atom. The Bertz CT molecular complexity index is 449. The first-order valence-electron chi connectivity index (χ1n) is 6.79. The number of ether oxygens (including phenoxy) is 1. The Morgan fingerprint density at radius 3 is 2.65 bits per heavy atom. The summed E-state index contributed by atoms with van der Waals surface area (Å²) in [5.74, 6) is 0.816. The van der Waals surface area contributed by atoms with Crippen LogP contribution in [0.25, 0.3) is 0 Å². The van der Waals surface area contributed by atoms with Crippen molar-refractivity contribution in [3.05, 3.63) is 28.8 Å². The van der Waals surface area contributed by atoms with Crippen molar-refractivity contribution in [2.75, 3.05) is 13.7 Å². The van der Waals surface area contributed by atoms with E-state index in [2.05, 4.69) is 24.5 Å². The molecule has 4 nitrogen and oxygen atoms in total. The smallest absolute Gasteiger partial charge is 0.258 e. The van der Waals surface area contributed by atoms with E-state index in [1.54, 1.807) is 6.07 Å². The fourth-order valence-electron chi connectivity index (χ4n) is 1.64. The van der Waals surface area contributed by atoms with Crippen molar-refractivity contribution in [1.29, 1.82) is 0 Å². The topological polar surface area (TPSA) is 50.4 Å². The van der Waals surface area contributed by atoms with E-state index in [-0.39, 0.29) is 18.6 Å². The predicted octanol–water partition coefficient (Wildman–Crippen LogP) is 2.60. The van der Waals surface area contributed by atoms with Crippen molar-refractivity contribution in [1.82, 2.24) is 10.6 Å². The normalized spacial score (nSPS) is 12.3. The Morgan fingerprint density at radius 1 is 1.35 bits per heavy atom. The molecule has 1 rings (SSSR count). The molecule has 5 heteroatoms. The van der Waals surface area contributed by atoms with Gasteiger partial charge < -0.3 is 15.4 Å². The van der Waals surface area contributed by atoms with Gasteiger partial charge in [-0.25, -0.2) is 0 Å². The summed E-state index contributed by atoms with van der Waals surface area (Å²) < 4.78 is 5.58. The zero-order valence-corrected chi connectivity index (χ0v) is 13.3. The summed E-state index contributed by atoms with van der Waals surface area (Å²) >= 11 is 6.12. The lowest BCUT2D eigenvalue weighted by atomic mass is 10.1. The van der Waals surface area contributed by atoms with Crippen molar-refractivity contribution in [3.8, 4) is 5.75 Å². The number of amides is 1. The summed E-state index contributed by atoms with van der Waals surface area (Å²) in [5, 5.41) is 6.46. The van der Waals surface area contributed by atoms with E-state index in [1.807, 2.05) is 26.1 Å². The third-order valence-electron chi connectivity index (χ3n) is 3.15. The standard InChI is InChI=1S/C15H23ClN2O2/c1-10(2)11(3)18-14(19)9-20-15-12(8-17-4)6-5-7-13(15)16/h5-7,10-11,17H,8-9H2,1-4H3,(H,18,19). The van der Waals surface area contributed by atoms with Crippen molar-refractivity contribution in [3.63, 3.8) is 0 Å². The molecule has 0 fully saturated rings. The summed E-state index contributed by atoms with van der Waals surface area (Å²) in [7, 11) is 1.85. The van der Waals surface area contributed by atoms with Crippen LogP contribution in [0.15, 0.2) is 18.2 Å². The molecular formula is C15H23ClN2O2. The molecule has 0 aliphatic heterocycles. The maximum absolute atomic E-state index is 11.8. The SMILES string of the molecule is CNCc1cccc(Cl)c1OCC(=O)NC(C)C(C)C. The number of rotatable bonds is 7. The van der Waals surface area contributed by atoms with Gasteiger partial charge in [0.2, 0.25) is 0 Å². The van der Waals surface area contributed by atoms with Crippen molar-refractivity contribution >= 4 is 17.5 Å². The van der Waals surface area contributed by atoms with Gasteiger partial charge in [0.25, 0.3) is 5.91 Å².